The van der Waals surface area contributed by atoms with Crippen molar-refractivity contribution in [2.45, 2.75) is 19.8 Å². The summed E-state index contributed by atoms with van der Waals surface area (Å²) in [6, 6.07) is 20.4. The summed E-state index contributed by atoms with van der Waals surface area (Å²) in [7, 11) is 1.55. The Bertz CT molecular complexity index is 1200. The maximum absolute atomic E-state index is 12.6. The van der Waals surface area contributed by atoms with E-state index in [9.17, 15) is 10.1 Å². The number of carbonyl (C=O) groups is 1. The number of ether oxygens (including phenoxy) is 1. The van der Waals surface area contributed by atoms with Gasteiger partial charge in [0.1, 0.15) is 17.4 Å². The molecule has 32 heavy (non-hydrogen) atoms. The number of methoxy groups -OCH3 is 1. The molecular weight excluding hydrogens is 443 g/mol. The van der Waals surface area contributed by atoms with Crippen LogP contribution in [0.3, 0.4) is 0 Å². The molecule has 0 unspecified atom stereocenters. The fourth-order valence-electron chi connectivity index (χ4n) is 3.24. The Hall–Kier alpha value is -3.26. The molecule has 3 aromatic rings. The maximum Gasteiger partial charge on any atom is 0.266 e. The molecule has 6 heteroatoms. The second kappa shape index (κ2) is 10.9. The number of nitrogens with one attached hydrogen (secondary N) is 1. The molecule has 0 aromatic heterocycles. The number of halogens is 2. The molecule has 0 aliphatic rings. The van der Waals surface area contributed by atoms with Gasteiger partial charge in [-0.2, -0.15) is 5.26 Å². The fourth-order valence-corrected chi connectivity index (χ4v) is 3.73. The molecular formula is C26H22Cl2N2O2. The Labute approximate surface area is 198 Å². The summed E-state index contributed by atoms with van der Waals surface area (Å²) in [5.41, 5.74) is 4.03. The lowest BCUT2D eigenvalue weighted by Crippen LogP contribution is -2.13. The lowest BCUT2D eigenvalue weighted by Gasteiger charge is -2.13. The molecule has 0 radical (unpaired) electrons. The average molecular weight is 465 g/mol. The predicted molar refractivity (Wildman–Crippen MR) is 130 cm³/mol. The highest BCUT2D eigenvalue weighted by atomic mass is 35.5. The minimum absolute atomic E-state index is 0.0402. The smallest absolute Gasteiger partial charge is 0.266 e. The third-order valence-electron chi connectivity index (χ3n) is 5.02. The summed E-state index contributed by atoms with van der Waals surface area (Å²) < 4.78 is 5.53. The first kappa shape index (κ1) is 23.4. The van der Waals surface area contributed by atoms with E-state index in [0.717, 1.165) is 23.1 Å². The lowest BCUT2D eigenvalue weighted by atomic mass is 10.0. The van der Waals surface area contributed by atoms with Crippen molar-refractivity contribution in [3.05, 3.63) is 98.5 Å². The van der Waals surface area contributed by atoms with Crippen molar-refractivity contribution < 1.29 is 9.53 Å². The van der Waals surface area contributed by atoms with Crippen LogP contribution in [0.15, 0.2) is 66.2 Å². The van der Waals surface area contributed by atoms with Crippen molar-refractivity contribution in [3.63, 3.8) is 0 Å². The van der Waals surface area contributed by atoms with E-state index in [1.165, 1.54) is 6.08 Å². The third kappa shape index (κ3) is 5.70. The Morgan fingerprint density at radius 1 is 1.09 bits per heavy atom. The number of aryl methyl sites for hydroxylation is 1. The Kier molecular flexibility index (Phi) is 7.94. The first-order valence-corrected chi connectivity index (χ1v) is 10.8. The number of rotatable bonds is 7. The van der Waals surface area contributed by atoms with Gasteiger partial charge in [0.25, 0.3) is 5.91 Å². The van der Waals surface area contributed by atoms with Gasteiger partial charge in [-0.25, -0.2) is 0 Å². The van der Waals surface area contributed by atoms with E-state index in [-0.39, 0.29) is 5.57 Å². The number of anilines is 1. The lowest BCUT2D eigenvalue weighted by molar-refractivity contribution is -0.112. The van der Waals surface area contributed by atoms with Gasteiger partial charge in [-0.3, -0.25) is 4.79 Å². The van der Waals surface area contributed by atoms with Gasteiger partial charge in [0.05, 0.1) is 7.11 Å². The van der Waals surface area contributed by atoms with E-state index < -0.39 is 5.91 Å². The zero-order valence-corrected chi connectivity index (χ0v) is 19.3. The minimum Gasteiger partial charge on any atom is -0.496 e. The molecule has 162 valence electrons. The molecule has 0 bridgehead atoms. The molecule has 1 amide bonds. The minimum atomic E-state index is -0.494. The van der Waals surface area contributed by atoms with E-state index in [4.69, 9.17) is 27.9 Å². The first-order chi connectivity index (χ1) is 15.4. The van der Waals surface area contributed by atoms with Crippen molar-refractivity contribution >= 4 is 40.9 Å². The molecule has 0 aliphatic carbocycles. The second-order valence-corrected chi connectivity index (χ2v) is 7.94. The highest BCUT2D eigenvalue weighted by Gasteiger charge is 2.15. The largest absolute Gasteiger partial charge is 0.496 e. The van der Waals surface area contributed by atoms with Gasteiger partial charge in [-0.05, 0) is 59.5 Å². The molecule has 3 aromatic carbocycles. The summed E-state index contributed by atoms with van der Waals surface area (Å²) in [6.07, 6.45) is 2.89. The van der Waals surface area contributed by atoms with Crippen molar-refractivity contribution in [3.8, 4) is 11.8 Å². The number of carbonyl (C=O) groups excluding carboxylic acids is 1. The maximum atomic E-state index is 12.6. The molecule has 0 saturated carbocycles. The number of amides is 1. The topological polar surface area (TPSA) is 62.1 Å². The number of hydrogen-bond acceptors (Lipinski definition) is 3. The SMILES string of the molecule is CCc1ccc(NC(=O)/C(C#N)=C/c2cc(Cl)c(Cc3ccccc3Cl)c(OC)c2)cc1. The molecule has 1 N–H and O–H groups in total. The Balaban J connectivity index is 1.87. The Morgan fingerprint density at radius 3 is 2.44 bits per heavy atom. The molecule has 0 fully saturated rings. The molecule has 0 atom stereocenters. The van der Waals surface area contributed by atoms with Crippen LogP contribution in [0.5, 0.6) is 5.75 Å². The van der Waals surface area contributed by atoms with E-state index in [1.807, 2.05) is 54.6 Å². The zero-order valence-electron chi connectivity index (χ0n) is 17.8. The van der Waals surface area contributed by atoms with Crippen LogP contribution in [0, 0.1) is 11.3 Å². The van der Waals surface area contributed by atoms with Crippen molar-refractivity contribution in [1.29, 1.82) is 5.26 Å². The van der Waals surface area contributed by atoms with Crippen LogP contribution in [0.1, 0.15) is 29.2 Å². The number of hydrogen-bond donors (Lipinski definition) is 1. The van der Waals surface area contributed by atoms with Gasteiger partial charge in [0.2, 0.25) is 0 Å². The fraction of sp³-hybridized carbons (Fsp3) is 0.154. The van der Waals surface area contributed by atoms with E-state index in [1.54, 1.807) is 19.2 Å². The first-order valence-electron chi connectivity index (χ1n) is 10.1. The molecule has 3 rings (SSSR count). The molecule has 0 heterocycles. The highest BCUT2D eigenvalue weighted by molar-refractivity contribution is 6.32. The standard InChI is InChI=1S/C26H22Cl2N2O2/c1-3-17-8-10-21(11-9-17)30-26(31)20(16-29)12-18-13-24(28)22(25(14-18)32-2)15-19-6-4-5-7-23(19)27/h4-14H,3,15H2,1-2H3,(H,30,31)/b20-12+. The van der Waals surface area contributed by atoms with Crippen LogP contribution in [-0.2, 0) is 17.6 Å². The van der Waals surface area contributed by atoms with Crippen LogP contribution in [-0.4, -0.2) is 13.0 Å². The van der Waals surface area contributed by atoms with Gasteiger partial charge in [0, 0.05) is 27.7 Å². The molecule has 4 nitrogen and oxygen atoms in total. The van der Waals surface area contributed by atoms with Gasteiger partial charge < -0.3 is 10.1 Å². The van der Waals surface area contributed by atoms with Gasteiger partial charge in [-0.1, -0.05) is 60.5 Å². The second-order valence-electron chi connectivity index (χ2n) is 7.13. The van der Waals surface area contributed by atoms with Crippen LogP contribution in [0.4, 0.5) is 5.69 Å². The predicted octanol–water partition coefficient (Wildman–Crippen LogP) is 6.70. The van der Waals surface area contributed by atoms with Crippen LogP contribution in [0.25, 0.3) is 6.08 Å². The normalized spacial score (nSPS) is 11.0. The van der Waals surface area contributed by atoms with Crippen molar-refractivity contribution in [1.82, 2.24) is 0 Å². The summed E-state index contributed by atoms with van der Waals surface area (Å²) in [5, 5.41) is 13.4. The summed E-state index contributed by atoms with van der Waals surface area (Å²) >= 11 is 12.8. The zero-order chi connectivity index (χ0) is 23.1. The molecule has 0 spiro atoms. The van der Waals surface area contributed by atoms with Crippen LogP contribution in [0.2, 0.25) is 10.0 Å². The summed E-state index contributed by atoms with van der Waals surface area (Å²) in [4.78, 5) is 12.6. The monoisotopic (exact) mass is 464 g/mol. The van der Waals surface area contributed by atoms with E-state index >= 15 is 0 Å². The van der Waals surface area contributed by atoms with Gasteiger partial charge in [-0.15, -0.1) is 0 Å². The Morgan fingerprint density at radius 2 is 1.81 bits per heavy atom. The van der Waals surface area contributed by atoms with Crippen molar-refractivity contribution in [2.24, 2.45) is 0 Å². The van der Waals surface area contributed by atoms with Crippen LogP contribution >= 0.6 is 23.2 Å². The van der Waals surface area contributed by atoms with Crippen molar-refractivity contribution in [2.75, 3.05) is 12.4 Å². The number of benzene rings is 3. The summed E-state index contributed by atoms with van der Waals surface area (Å²) in [6.45, 7) is 2.06. The van der Waals surface area contributed by atoms with E-state index in [2.05, 4.69) is 12.2 Å². The van der Waals surface area contributed by atoms with Gasteiger partial charge in [0.15, 0.2) is 0 Å². The third-order valence-corrected chi connectivity index (χ3v) is 5.72. The average Bonchev–Trinajstić information content (AvgIpc) is 2.80. The van der Waals surface area contributed by atoms with Crippen LogP contribution < -0.4 is 10.1 Å². The quantitative estimate of drug-likeness (QED) is 0.312. The summed E-state index contributed by atoms with van der Waals surface area (Å²) in [5.74, 6) is 0.0588. The molecule has 0 saturated heterocycles. The van der Waals surface area contributed by atoms with E-state index in [0.29, 0.717) is 33.5 Å². The van der Waals surface area contributed by atoms with Gasteiger partial charge >= 0.3 is 0 Å². The highest BCUT2D eigenvalue weighted by Crippen LogP contribution is 2.33. The molecule has 0 aliphatic heterocycles. The number of nitrogens with zero attached hydrogens (tertiary/aromatic N) is 1. The number of nitriles is 1.